The van der Waals surface area contributed by atoms with Crippen LogP contribution >= 0.6 is 0 Å². The highest BCUT2D eigenvalue weighted by atomic mass is 19.1. The van der Waals surface area contributed by atoms with Crippen molar-refractivity contribution in [3.8, 4) is 6.07 Å². The van der Waals surface area contributed by atoms with Gasteiger partial charge in [-0.05, 0) is 36.5 Å². The average molecular weight is 261 g/mol. The van der Waals surface area contributed by atoms with Gasteiger partial charge >= 0.3 is 0 Å². The molecule has 19 heavy (non-hydrogen) atoms. The van der Waals surface area contributed by atoms with Crippen LogP contribution in [0.3, 0.4) is 0 Å². The van der Waals surface area contributed by atoms with Crippen molar-refractivity contribution in [3.05, 3.63) is 46.8 Å². The predicted octanol–water partition coefficient (Wildman–Crippen LogP) is 2.05. The van der Waals surface area contributed by atoms with Crippen molar-refractivity contribution in [2.24, 2.45) is 0 Å². The molecule has 1 aromatic carbocycles. The number of hydrogen-bond donors (Lipinski definition) is 1. The van der Waals surface area contributed by atoms with Crippen molar-refractivity contribution < 1.29 is 8.78 Å². The van der Waals surface area contributed by atoms with Crippen molar-refractivity contribution >= 4 is 0 Å². The molecular formula is C14H13F2N3. The summed E-state index contributed by atoms with van der Waals surface area (Å²) < 4.78 is 26.9. The van der Waals surface area contributed by atoms with Gasteiger partial charge in [-0.15, -0.1) is 0 Å². The molecule has 1 N–H and O–H groups in total. The number of fused-ring (bicyclic) bond motifs is 1. The van der Waals surface area contributed by atoms with E-state index < -0.39 is 11.6 Å². The summed E-state index contributed by atoms with van der Waals surface area (Å²) in [5.74, 6) is -0.989. The standard InChI is InChI=1S/C14H13F2N3/c15-10-3-9-4-11(1-2-13(9)14(16)5-10)19-8-18-7-12(19)6-17/h3,5,7,11,18H,1-2,4,8H2/t11-/m0/s1. The Morgan fingerprint density at radius 3 is 3.00 bits per heavy atom. The monoisotopic (exact) mass is 261 g/mol. The maximum Gasteiger partial charge on any atom is 0.133 e. The lowest BCUT2D eigenvalue weighted by Crippen LogP contribution is -2.39. The van der Waals surface area contributed by atoms with E-state index >= 15 is 0 Å². The Bertz CT molecular complexity index is 589. The summed E-state index contributed by atoms with van der Waals surface area (Å²) in [4.78, 5) is 1.96. The molecule has 1 aliphatic carbocycles. The fourth-order valence-electron chi connectivity index (χ4n) is 2.88. The average Bonchev–Trinajstić information content (AvgIpc) is 2.86. The Kier molecular flexibility index (Phi) is 2.86. The molecule has 3 rings (SSSR count). The zero-order valence-corrected chi connectivity index (χ0v) is 10.3. The Hall–Kier alpha value is -2.09. The third-order valence-corrected chi connectivity index (χ3v) is 3.80. The topological polar surface area (TPSA) is 39.1 Å². The summed E-state index contributed by atoms with van der Waals surface area (Å²) in [6.07, 6.45) is 3.62. The lowest BCUT2D eigenvalue weighted by molar-refractivity contribution is 0.249. The van der Waals surface area contributed by atoms with Gasteiger partial charge in [-0.3, -0.25) is 0 Å². The van der Waals surface area contributed by atoms with Crippen LogP contribution in [0.1, 0.15) is 17.5 Å². The third kappa shape index (κ3) is 2.03. The number of allylic oxidation sites excluding steroid dienone is 1. The molecule has 0 radical (unpaired) electrons. The molecule has 98 valence electrons. The predicted molar refractivity (Wildman–Crippen MR) is 65.7 cm³/mol. The van der Waals surface area contributed by atoms with Crippen molar-refractivity contribution in [2.75, 3.05) is 6.67 Å². The number of nitrogens with zero attached hydrogens (tertiary/aromatic N) is 2. The Labute approximate surface area is 110 Å². The minimum absolute atomic E-state index is 0.120. The fourth-order valence-corrected chi connectivity index (χ4v) is 2.88. The van der Waals surface area contributed by atoms with Gasteiger partial charge in [0.15, 0.2) is 0 Å². The van der Waals surface area contributed by atoms with Crippen molar-refractivity contribution in [1.82, 2.24) is 10.2 Å². The van der Waals surface area contributed by atoms with E-state index in [2.05, 4.69) is 11.4 Å². The maximum absolute atomic E-state index is 13.6. The lowest BCUT2D eigenvalue weighted by atomic mass is 9.87. The fraction of sp³-hybridized carbons (Fsp3) is 0.357. The van der Waals surface area contributed by atoms with Gasteiger partial charge in [-0.2, -0.15) is 5.26 Å². The van der Waals surface area contributed by atoms with E-state index in [4.69, 9.17) is 5.26 Å². The Morgan fingerprint density at radius 2 is 2.21 bits per heavy atom. The molecule has 1 aliphatic heterocycles. The second-order valence-corrected chi connectivity index (χ2v) is 4.90. The molecule has 0 saturated carbocycles. The van der Waals surface area contributed by atoms with Crippen LogP contribution in [-0.2, 0) is 12.8 Å². The molecule has 0 bridgehead atoms. The van der Waals surface area contributed by atoms with Gasteiger partial charge < -0.3 is 10.2 Å². The molecular weight excluding hydrogens is 248 g/mol. The molecule has 5 heteroatoms. The van der Waals surface area contributed by atoms with E-state index in [-0.39, 0.29) is 6.04 Å². The minimum atomic E-state index is -0.535. The summed E-state index contributed by atoms with van der Waals surface area (Å²) in [6.45, 7) is 0.584. The first-order valence-corrected chi connectivity index (χ1v) is 6.26. The summed E-state index contributed by atoms with van der Waals surface area (Å²) in [7, 11) is 0. The SMILES string of the molecule is N#CC1=CNCN1[C@H]1CCc2c(F)cc(F)cc2C1. The van der Waals surface area contributed by atoms with Gasteiger partial charge in [0.05, 0.1) is 6.67 Å². The quantitative estimate of drug-likeness (QED) is 0.841. The summed E-state index contributed by atoms with van der Waals surface area (Å²) in [6, 6.07) is 4.60. The molecule has 1 heterocycles. The second kappa shape index (κ2) is 4.54. The van der Waals surface area contributed by atoms with E-state index in [1.807, 2.05) is 4.90 Å². The molecule has 3 nitrogen and oxygen atoms in total. The third-order valence-electron chi connectivity index (χ3n) is 3.80. The van der Waals surface area contributed by atoms with Crippen molar-refractivity contribution in [1.29, 1.82) is 5.26 Å². The largest absolute Gasteiger partial charge is 0.371 e. The van der Waals surface area contributed by atoms with Crippen LogP contribution in [0, 0.1) is 23.0 Å². The highest BCUT2D eigenvalue weighted by molar-refractivity contribution is 5.34. The second-order valence-electron chi connectivity index (χ2n) is 4.90. The van der Waals surface area contributed by atoms with Gasteiger partial charge in [0.1, 0.15) is 23.4 Å². The van der Waals surface area contributed by atoms with Crippen LogP contribution < -0.4 is 5.32 Å². The highest BCUT2D eigenvalue weighted by Crippen LogP contribution is 2.29. The number of hydrogen-bond acceptors (Lipinski definition) is 3. The van der Waals surface area contributed by atoms with Crippen LogP contribution in [0.25, 0.3) is 0 Å². The van der Waals surface area contributed by atoms with Crippen LogP contribution in [0.15, 0.2) is 24.0 Å². The lowest BCUT2D eigenvalue weighted by Gasteiger charge is -2.33. The van der Waals surface area contributed by atoms with Crippen molar-refractivity contribution in [2.45, 2.75) is 25.3 Å². The first-order valence-electron chi connectivity index (χ1n) is 6.26. The number of benzene rings is 1. The number of halogens is 2. The van der Waals surface area contributed by atoms with Gasteiger partial charge in [-0.1, -0.05) is 0 Å². The van der Waals surface area contributed by atoms with Gasteiger partial charge in [0, 0.05) is 18.3 Å². The molecule has 0 fully saturated rings. The molecule has 0 amide bonds. The van der Waals surface area contributed by atoms with Crippen LogP contribution in [-0.4, -0.2) is 17.6 Å². The number of nitriles is 1. The van der Waals surface area contributed by atoms with Crippen molar-refractivity contribution in [3.63, 3.8) is 0 Å². The van der Waals surface area contributed by atoms with E-state index in [0.29, 0.717) is 30.8 Å². The molecule has 0 aromatic heterocycles. The molecule has 1 aromatic rings. The molecule has 2 aliphatic rings. The van der Waals surface area contributed by atoms with E-state index in [9.17, 15) is 8.78 Å². The summed E-state index contributed by atoms with van der Waals surface area (Å²) in [5, 5.41) is 12.0. The number of nitrogens with one attached hydrogen (secondary N) is 1. The van der Waals surface area contributed by atoms with Crippen LogP contribution in [0.2, 0.25) is 0 Å². The minimum Gasteiger partial charge on any atom is -0.371 e. The highest BCUT2D eigenvalue weighted by Gasteiger charge is 2.29. The Balaban J connectivity index is 1.87. The Morgan fingerprint density at radius 1 is 1.37 bits per heavy atom. The normalized spacial score (nSPS) is 21.4. The first-order chi connectivity index (χ1) is 9.19. The van der Waals surface area contributed by atoms with E-state index in [1.54, 1.807) is 6.20 Å². The van der Waals surface area contributed by atoms with E-state index in [0.717, 1.165) is 18.1 Å². The summed E-state index contributed by atoms with van der Waals surface area (Å²) in [5.41, 5.74) is 1.93. The van der Waals surface area contributed by atoms with E-state index in [1.165, 1.54) is 6.07 Å². The maximum atomic E-state index is 13.6. The molecule has 0 saturated heterocycles. The molecule has 0 spiro atoms. The zero-order valence-electron chi connectivity index (χ0n) is 10.3. The molecule has 0 unspecified atom stereocenters. The molecule has 1 atom stereocenters. The summed E-state index contributed by atoms with van der Waals surface area (Å²) >= 11 is 0. The van der Waals surface area contributed by atoms with Gasteiger partial charge in [0.2, 0.25) is 0 Å². The van der Waals surface area contributed by atoms with Crippen LogP contribution in [0.5, 0.6) is 0 Å². The first kappa shape index (κ1) is 12.0. The smallest absolute Gasteiger partial charge is 0.133 e. The van der Waals surface area contributed by atoms with Crippen LogP contribution in [0.4, 0.5) is 8.78 Å². The van der Waals surface area contributed by atoms with Gasteiger partial charge in [-0.25, -0.2) is 8.78 Å². The van der Waals surface area contributed by atoms with Gasteiger partial charge in [0.25, 0.3) is 0 Å². The zero-order chi connectivity index (χ0) is 13.4. The number of rotatable bonds is 1.